The van der Waals surface area contributed by atoms with Gasteiger partial charge in [-0.2, -0.15) is 0 Å². The summed E-state index contributed by atoms with van der Waals surface area (Å²) in [7, 11) is 1.82. The maximum Gasteiger partial charge on any atom is 0.251 e. The van der Waals surface area contributed by atoms with Gasteiger partial charge in [0.25, 0.3) is 5.91 Å². The third-order valence-corrected chi connectivity index (χ3v) is 6.40. The second-order valence-corrected chi connectivity index (χ2v) is 9.59. The van der Waals surface area contributed by atoms with Crippen molar-refractivity contribution in [3.8, 4) is 0 Å². The minimum atomic E-state index is -0.169. The predicted molar refractivity (Wildman–Crippen MR) is 131 cm³/mol. The van der Waals surface area contributed by atoms with Gasteiger partial charge in [0.2, 0.25) is 5.91 Å². The first kappa shape index (κ1) is 24.0. The maximum atomic E-state index is 12.5. The van der Waals surface area contributed by atoms with Gasteiger partial charge in [-0.3, -0.25) is 9.59 Å². The summed E-state index contributed by atoms with van der Waals surface area (Å²) in [4.78, 5) is 24.8. The first-order chi connectivity index (χ1) is 15.2. The largest absolute Gasteiger partial charge is 0.345 e. The van der Waals surface area contributed by atoms with E-state index in [4.69, 9.17) is 0 Å². The number of thioether (sulfide) groups is 1. The van der Waals surface area contributed by atoms with Gasteiger partial charge in [0.15, 0.2) is 11.0 Å². The molecule has 0 atom stereocenters. The van der Waals surface area contributed by atoms with Gasteiger partial charge >= 0.3 is 0 Å². The van der Waals surface area contributed by atoms with Crippen LogP contribution in [0.3, 0.4) is 0 Å². The highest BCUT2D eigenvalue weighted by Gasteiger charge is 2.15. The SMILES string of the molecule is Cc1ccc(C(=O)NCc2nnc(SCC(=O)Nc3ccc(Br)cc3C(C)C)n2C)cc1. The third-order valence-electron chi connectivity index (χ3n) is 4.89. The zero-order chi connectivity index (χ0) is 23.3. The first-order valence-electron chi connectivity index (χ1n) is 10.2. The van der Waals surface area contributed by atoms with Crippen molar-refractivity contribution in [3.05, 3.63) is 69.5 Å². The van der Waals surface area contributed by atoms with Crippen LogP contribution in [-0.2, 0) is 18.4 Å². The zero-order valence-electron chi connectivity index (χ0n) is 18.5. The van der Waals surface area contributed by atoms with Gasteiger partial charge < -0.3 is 15.2 Å². The van der Waals surface area contributed by atoms with Gasteiger partial charge in [-0.1, -0.05) is 59.2 Å². The maximum absolute atomic E-state index is 12.5. The number of halogens is 1. The average molecular weight is 516 g/mol. The lowest BCUT2D eigenvalue weighted by atomic mass is 10.0. The number of hydrogen-bond acceptors (Lipinski definition) is 5. The summed E-state index contributed by atoms with van der Waals surface area (Å²) in [5.74, 6) is 0.818. The average Bonchev–Trinajstić information content (AvgIpc) is 3.11. The van der Waals surface area contributed by atoms with Gasteiger partial charge in [0.05, 0.1) is 12.3 Å². The monoisotopic (exact) mass is 515 g/mol. The minimum absolute atomic E-state index is 0.114. The molecule has 0 radical (unpaired) electrons. The Labute approximate surface area is 200 Å². The van der Waals surface area contributed by atoms with E-state index in [1.807, 2.05) is 44.3 Å². The molecule has 2 aromatic carbocycles. The van der Waals surface area contributed by atoms with E-state index in [0.29, 0.717) is 16.5 Å². The lowest BCUT2D eigenvalue weighted by Gasteiger charge is -2.14. The second-order valence-electron chi connectivity index (χ2n) is 7.73. The molecule has 0 aliphatic heterocycles. The highest BCUT2D eigenvalue weighted by molar-refractivity contribution is 9.10. The third kappa shape index (κ3) is 6.20. The molecule has 0 fully saturated rings. The van der Waals surface area contributed by atoms with Crippen molar-refractivity contribution in [1.82, 2.24) is 20.1 Å². The molecular formula is C23H26BrN5O2S. The summed E-state index contributed by atoms with van der Waals surface area (Å²) < 4.78 is 2.77. The Morgan fingerprint density at radius 2 is 1.84 bits per heavy atom. The molecule has 7 nitrogen and oxygen atoms in total. The molecular weight excluding hydrogens is 490 g/mol. The van der Waals surface area contributed by atoms with Crippen molar-refractivity contribution < 1.29 is 9.59 Å². The lowest BCUT2D eigenvalue weighted by Crippen LogP contribution is -2.24. The van der Waals surface area contributed by atoms with E-state index in [9.17, 15) is 9.59 Å². The van der Waals surface area contributed by atoms with Crippen molar-refractivity contribution in [2.24, 2.45) is 7.05 Å². The van der Waals surface area contributed by atoms with Crippen LogP contribution in [-0.4, -0.2) is 32.3 Å². The van der Waals surface area contributed by atoms with Gasteiger partial charge in [-0.25, -0.2) is 0 Å². The Hall–Kier alpha value is -2.65. The molecule has 168 valence electrons. The van der Waals surface area contributed by atoms with E-state index >= 15 is 0 Å². The number of benzene rings is 2. The number of carbonyl (C=O) groups is 2. The Morgan fingerprint density at radius 1 is 1.12 bits per heavy atom. The van der Waals surface area contributed by atoms with E-state index in [1.165, 1.54) is 11.8 Å². The molecule has 1 heterocycles. The van der Waals surface area contributed by atoms with Crippen molar-refractivity contribution in [2.75, 3.05) is 11.1 Å². The van der Waals surface area contributed by atoms with E-state index < -0.39 is 0 Å². The number of aromatic nitrogens is 3. The Kier molecular flexibility index (Phi) is 8.09. The van der Waals surface area contributed by atoms with Crippen LogP contribution in [0.5, 0.6) is 0 Å². The molecule has 0 spiro atoms. The molecule has 0 unspecified atom stereocenters. The number of amides is 2. The van der Waals surface area contributed by atoms with Crippen LogP contribution in [0.2, 0.25) is 0 Å². The smallest absolute Gasteiger partial charge is 0.251 e. The van der Waals surface area contributed by atoms with Gasteiger partial charge in [-0.05, 0) is 48.7 Å². The summed E-state index contributed by atoms with van der Waals surface area (Å²) in [5, 5.41) is 14.7. The molecule has 32 heavy (non-hydrogen) atoms. The Bertz CT molecular complexity index is 1110. The zero-order valence-corrected chi connectivity index (χ0v) is 20.9. The van der Waals surface area contributed by atoms with Crippen molar-refractivity contribution in [1.29, 1.82) is 0 Å². The van der Waals surface area contributed by atoms with Crippen LogP contribution in [0.4, 0.5) is 5.69 Å². The summed E-state index contributed by atoms with van der Waals surface area (Å²) in [6, 6.07) is 13.2. The predicted octanol–water partition coefficient (Wildman–Crippen LogP) is 4.67. The normalized spacial score (nSPS) is 10.9. The molecule has 0 bridgehead atoms. The van der Waals surface area contributed by atoms with Gasteiger partial charge in [0, 0.05) is 22.8 Å². The molecule has 0 saturated heterocycles. The molecule has 2 amide bonds. The molecule has 9 heteroatoms. The van der Waals surface area contributed by atoms with Crippen LogP contribution < -0.4 is 10.6 Å². The van der Waals surface area contributed by atoms with Crippen molar-refractivity contribution in [3.63, 3.8) is 0 Å². The topological polar surface area (TPSA) is 88.9 Å². The second kappa shape index (κ2) is 10.8. The van der Waals surface area contributed by atoms with E-state index in [1.54, 1.807) is 16.7 Å². The molecule has 0 aliphatic rings. The number of carbonyl (C=O) groups excluding carboxylic acids is 2. The quantitative estimate of drug-likeness (QED) is 0.425. The summed E-state index contributed by atoms with van der Waals surface area (Å²) >= 11 is 4.78. The van der Waals surface area contributed by atoms with Crippen LogP contribution in [0.15, 0.2) is 52.1 Å². The number of hydrogen-bond donors (Lipinski definition) is 2. The van der Waals surface area contributed by atoms with Crippen LogP contribution >= 0.6 is 27.7 Å². The Balaban J connectivity index is 1.55. The van der Waals surface area contributed by atoms with Crippen LogP contribution in [0, 0.1) is 6.92 Å². The fraction of sp³-hybridized carbons (Fsp3) is 0.304. The fourth-order valence-electron chi connectivity index (χ4n) is 3.03. The lowest BCUT2D eigenvalue weighted by molar-refractivity contribution is -0.113. The summed E-state index contributed by atoms with van der Waals surface area (Å²) in [6.45, 7) is 6.40. The molecule has 3 aromatic rings. The summed E-state index contributed by atoms with van der Waals surface area (Å²) in [6.07, 6.45) is 0. The fourth-order valence-corrected chi connectivity index (χ4v) is 4.14. The molecule has 1 aromatic heterocycles. The number of rotatable bonds is 8. The Morgan fingerprint density at radius 3 is 2.53 bits per heavy atom. The number of nitrogens with zero attached hydrogens (tertiary/aromatic N) is 3. The standard InChI is InChI=1S/C23H26BrN5O2S/c1-14(2)18-11-17(24)9-10-19(18)26-21(30)13-32-23-28-27-20(29(23)4)12-25-22(31)16-7-5-15(3)6-8-16/h5-11,14H,12-13H2,1-4H3,(H,25,31)(H,26,30). The molecule has 0 saturated carbocycles. The summed E-state index contributed by atoms with van der Waals surface area (Å²) in [5.41, 5.74) is 3.58. The highest BCUT2D eigenvalue weighted by Crippen LogP contribution is 2.28. The highest BCUT2D eigenvalue weighted by atomic mass is 79.9. The molecule has 3 rings (SSSR count). The van der Waals surface area contributed by atoms with Crippen molar-refractivity contribution in [2.45, 2.75) is 38.4 Å². The van der Waals surface area contributed by atoms with Gasteiger partial charge in [0.1, 0.15) is 0 Å². The first-order valence-corrected chi connectivity index (χ1v) is 12.0. The van der Waals surface area contributed by atoms with E-state index in [0.717, 1.165) is 21.3 Å². The number of aryl methyl sites for hydroxylation is 1. The number of nitrogens with one attached hydrogen (secondary N) is 2. The van der Waals surface area contributed by atoms with Gasteiger partial charge in [-0.15, -0.1) is 10.2 Å². The number of anilines is 1. The van der Waals surface area contributed by atoms with Crippen LogP contribution in [0.25, 0.3) is 0 Å². The van der Waals surface area contributed by atoms with E-state index in [2.05, 4.69) is 50.6 Å². The van der Waals surface area contributed by atoms with Crippen molar-refractivity contribution >= 4 is 45.2 Å². The van der Waals surface area contributed by atoms with Crippen LogP contribution in [0.1, 0.15) is 47.1 Å². The molecule has 0 aliphatic carbocycles. The minimum Gasteiger partial charge on any atom is -0.345 e. The van der Waals surface area contributed by atoms with E-state index in [-0.39, 0.29) is 30.0 Å². The molecule has 2 N–H and O–H groups in total.